The van der Waals surface area contributed by atoms with E-state index in [1.165, 1.54) is 5.57 Å². The van der Waals surface area contributed by atoms with Crippen molar-refractivity contribution in [1.82, 2.24) is 0 Å². The monoisotopic (exact) mass is 360 g/mol. The summed E-state index contributed by atoms with van der Waals surface area (Å²) in [5, 5.41) is 0. The molecule has 0 N–H and O–H groups in total. The first-order chi connectivity index (χ1) is 9.53. The van der Waals surface area contributed by atoms with Gasteiger partial charge < -0.3 is 8.85 Å². The summed E-state index contributed by atoms with van der Waals surface area (Å²) in [6, 6.07) is 0. The highest BCUT2D eigenvalue weighted by Gasteiger charge is 2.43. The van der Waals surface area contributed by atoms with Gasteiger partial charge in [0.1, 0.15) is 0 Å². The van der Waals surface area contributed by atoms with Crippen LogP contribution >= 0.6 is 0 Å². The Bertz CT molecular complexity index is 408. The van der Waals surface area contributed by atoms with Crippen LogP contribution in [0.2, 0.25) is 64.5 Å². The summed E-state index contributed by atoms with van der Waals surface area (Å²) >= 11 is 0. The maximum atomic E-state index is 12.9. The Labute approximate surface area is 140 Å². The van der Waals surface area contributed by atoms with Crippen molar-refractivity contribution in [1.29, 1.82) is 0 Å². The molecule has 130 valence electrons. The molecule has 0 saturated heterocycles. The number of allylic oxidation sites excluding steroid dienone is 1. The molecule has 0 rings (SSSR count). The molecule has 0 aromatic carbocycles. The van der Waals surface area contributed by atoms with Crippen LogP contribution in [0, 0.1) is 0 Å². The number of carbonyl (C=O) groups excluding carboxylic acids is 1. The van der Waals surface area contributed by atoms with E-state index in [2.05, 4.69) is 78.8 Å². The van der Waals surface area contributed by atoms with E-state index in [9.17, 15) is 4.79 Å². The predicted octanol–water partition coefficient (Wildman–Crippen LogP) is 5.26. The van der Waals surface area contributed by atoms with Gasteiger partial charge in [-0.25, -0.2) is 0 Å². The number of carbonyl (C=O) groups is 1. The van der Waals surface area contributed by atoms with E-state index < -0.39 is 24.7 Å². The van der Waals surface area contributed by atoms with E-state index in [-0.39, 0.29) is 17.6 Å². The van der Waals surface area contributed by atoms with Crippen molar-refractivity contribution in [2.24, 2.45) is 0 Å². The normalized spacial score (nSPS) is 16.0. The third kappa shape index (κ3) is 9.07. The van der Waals surface area contributed by atoms with Crippen LogP contribution in [0.25, 0.3) is 0 Å². The van der Waals surface area contributed by atoms with E-state index in [1.54, 1.807) is 0 Å². The lowest BCUT2D eigenvalue weighted by molar-refractivity contribution is -0.136. The zero-order chi connectivity index (χ0) is 17.9. The van der Waals surface area contributed by atoms with Crippen LogP contribution in [-0.4, -0.2) is 36.8 Å². The second-order valence-corrected chi connectivity index (χ2v) is 23.6. The zero-order valence-corrected chi connectivity index (χ0v) is 19.5. The minimum absolute atomic E-state index is 0.0564. The number of rotatable bonds is 7. The average Bonchev–Trinajstić information content (AvgIpc) is 2.06. The Morgan fingerprint density at radius 2 is 1.32 bits per heavy atom. The summed E-state index contributed by atoms with van der Waals surface area (Å²) in [5.41, 5.74) is 1.04. The van der Waals surface area contributed by atoms with Gasteiger partial charge in [-0.05, 0) is 53.1 Å². The third-order valence-electron chi connectivity index (χ3n) is 2.91. The molecule has 0 spiro atoms. The van der Waals surface area contributed by atoms with Gasteiger partial charge in [0, 0.05) is 0 Å². The van der Waals surface area contributed by atoms with Crippen LogP contribution < -0.4 is 0 Å². The molecule has 2 atom stereocenters. The molecule has 0 radical (unpaired) electrons. The fraction of sp³-hybridized carbons (Fsp3) is 0.812. The summed E-state index contributed by atoms with van der Waals surface area (Å²) < 4.78 is 12.2. The molecule has 0 aliphatic heterocycles. The highest BCUT2D eigenvalue weighted by atomic mass is 28.4. The molecule has 0 aromatic heterocycles. The third-order valence-corrected chi connectivity index (χ3v) is 7.13. The second kappa shape index (κ2) is 7.59. The molecule has 0 aromatic rings. The molecule has 0 saturated carbocycles. The van der Waals surface area contributed by atoms with Gasteiger partial charge in [0.25, 0.3) is 5.97 Å². The smallest absolute Gasteiger partial charge is 0.295 e. The first kappa shape index (κ1) is 21.8. The molecule has 22 heavy (non-hydrogen) atoms. The molecule has 6 heteroatoms. The van der Waals surface area contributed by atoms with Gasteiger partial charge in [0.2, 0.25) is 8.32 Å². The van der Waals surface area contributed by atoms with Gasteiger partial charge in [-0.1, -0.05) is 31.3 Å². The molecule has 0 amide bonds. The van der Waals surface area contributed by atoms with Gasteiger partial charge in [-0.2, -0.15) is 0 Å². The van der Waals surface area contributed by atoms with E-state index in [4.69, 9.17) is 8.85 Å². The van der Waals surface area contributed by atoms with Crippen molar-refractivity contribution >= 4 is 30.7 Å². The fourth-order valence-corrected chi connectivity index (χ4v) is 6.20. The first-order valence-corrected chi connectivity index (χ1v) is 18.5. The summed E-state index contributed by atoms with van der Waals surface area (Å²) in [6.45, 7) is 23.5. The van der Waals surface area contributed by atoms with Crippen LogP contribution in [0.1, 0.15) is 13.8 Å². The minimum Gasteiger partial charge on any atom is -0.520 e. The van der Waals surface area contributed by atoms with E-state index in [0.29, 0.717) is 0 Å². The van der Waals surface area contributed by atoms with Crippen molar-refractivity contribution in [3.63, 3.8) is 0 Å². The molecule has 0 fully saturated rings. The quantitative estimate of drug-likeness (QED) is 0.459. The SMILES string of the molecule is CC(C)=C[C@@H](O[Si](C)(C)C)[C@H](C(=O)O[Si](C)(C)C)[Si](C)(C)C. The molecule has 0 heterocycles. The molecule has 0 unspecified atom stereocenters. The predicted molar refractivity (Wildman–Crippen MR) is 104 cm³/mol. The van der Waals surface area contributed by atoms with Crippen LogP contribution in [0.15, 0.2) is 11.6 Å². The molecule has 0 aliphatic carbocycles. The maximum Gasteiger partial charge on any atom is 0.295 e. The van der Waals surface area contributed by atoms with E-state index in [1.807, 2.05) is 0 Å². The Morgan fingerprint density at radius 3 is 1.59 bits per heavy atom. The second-order valence-electron chi connectivity index (χ2n) is 9.32. The van der Waals surface area contributed by atoms with Gasteiger partial charge in [0.05, 0.1) is 19.7 Å². The lowest BCUT2D eigenvalue weighted by Gasteiger charge is -2.37. The van der Waals surface area contributed by atoms with Crippen LogP contribution in [0.3, 0.4) is 0 Å². The average molecular weight is 361 g/mol. The maximum absolute atomic E-state index is 12.9. The highest BCUT2D eigenvalue weighted by molar-refractivity contribution is 6.81. The fourth-order valence-electron chi connectivity index (χ4n) is 2.28. The largest absolute Gasteiger partial charge is 0.520 e. The Balaban J connectivity index is 5.69. The van der Waals surface area contributed by atoms with Crippen molar-refractivity contribution in [2.75, 3.05) is 0 Å². The first-order valence-electron chi connectivity index (χ1n) is 8.08. The van der Waals surface area contributed by atoms with Gasteiger partial charge in [-0.3, -0.25) is 4.79 Å². The summed E-state index contributed by atoms with van der Waals surface area (Å²) in [7, 11) is -5.43. The Morgan fingerprint density at radius 1 is 0.864 bits per heavy atom. The van der Waals surface area contributed by atoms with Crippen molar-refractivity contribution in [3.8, 4) is 0 Å². The molecule has 0 bridgehead atoms. The molecular weight excluding hydrogens is 324 g/mol. The van der Waals surface area contributed by atoms with Crippen LogP contribution in [0.4, 0.5) is 0 Å². The van der Waals surface area contributed by atoms with Crippen molar-refractivity contribution < 1.29 is 13.6 Å². The topological polar surface area (TPSA) is 35.5 Å². The lowest BCUT2D eigenvalue weighted by Crippen LogP contribution is -2.48. The Kier molecular flexibility index (Phi) is 7.53. The number of hydrogen-bond acceptors (Lipinski definition) is 3. The van der Waals surface area contributed by atoms with Gasteiger partial charge in [0.15, 0.2) is 8.32 Å². The summed E-state index contributed by atoms with van der Waals surface area (Å²) in [5.74, 6) is -0.0564. The molecule has 3 nitrogen and oxygen atoms in total. The van der Waals surface area contributed by atoms with Gasteiger partial charge >= 0.3 is 0 Å². The van der Waals surface area contributed by atoms with Crippen molar-refractivity contribution in [3.05, 3.63) is 11.6 Å². The van der Waals surface area contributed by atoms with Crippen molar-refractivity contribution in [2.45, 2.75) is 84.4 Å². The van der Waals surface area contributed by atoms with Crippen LogP contribution in [-0.2, 0) is 13.6 Å². The zero-order valence-electron chi connectivity index (χ0n) is 16.5. The van der Waals surface area contributed by atoms with E-state index >= 15 is 0 Å². The molecule has 0 aliphatic rings. The molecular formula is C16H36O3Si3. The minimum atomic E-state index is -1.90. The number of hydrogen-bond donors (Lipinski definition) is 0. The van der Waals surface area contributed by atoms with E-state index in [0.717, 1.165) is 0 Å². The summed E-state index contributed by atoms with van der Waals surface area (Å²) in [6.07, 6.45) is 1.96. The standard InChI is InChI=1S/C16H36O3Si3/c1-13(2)12-14(18-21(6,7)8)15(20(3,4)5)16(17)19-22(9,10)11/h12,14-15H,1-11H3/t14-,15-/m1/s1. The summed E-state index contributed by atoms with van der Waals surface area (Å²) in [4.78, 5) is 12.9. The lowest BCUT2D eigenvalue weighted by atomic mass is 10.2. The van der Waals surface area contributed by atoms with Crippen LogP contribution in [0.5, 0.6) is 0 Å². The Hall–Kier alpha value is -0.179. The van der Waals surface area contributed by atoms with Gasteiger partial charge in [-0.15, -0.1) is 0 Å². The highest BCUT2D eigenvalue weighted by Crippen LogP contribution is 2.33.